The number of aromatic nitrogens is 1. The first kappa shape index (κ1) is 13.9. The minimum absolute atomic E-state index is 0.491. The number of amides is 1. The van der Waals surface area contributed by atoms with Crippen LogP contribution in [-0.2, 0) is 10.1 Å². The van der Waals surface area contributed by atoms with Gasteiger partial charge in [0, 0.05) is 5.33 Å². The van der Waals surface area contributed by atoms with Gasteiger partial charge >= 0.3 is 6.09 Å². The monoisotopic (exact) mass is 370 g/mol. The minimum Gasteiger partial charge on any atom is -0.444 e. The molecule has 0 bridgehead atoms. The van der Waals surface area contributed by atoms with Crippen LogP contribution in [0.4, 0.5) is 9.93 Å². The highest BCUT2D eigenvalue weighted by Crippen LogP contribution is 2.30. The van der Waals surface area contributed by atoms with Crippen LogP contribution in [0, 0.1) is 0 Å². The minimum atomic E-state index is -0.503. The number of ether oxygens (including phenoxy) is 1. The zero-order valence-corrected chi connectivity index (χ0v) is 13.1. The highest BCUT2D eigenvalue weighted by Gasteiger charge is 2.18. The summed E-state index contributed by atoms with van der Waals surface area (Å²) in [6, 6.07) is 0. The second kappa shape index (κ2) is 5.46. The van der Waals surface area contributed by atoms with Crippen LogP contribution in [0.15, 0.2) is 3.79 Å². The molecule has 0 fully saturated rings. The molecule has 16 heavy (non-hydrogen) atoms. The van der Waals surface area contributed by atoms with Crippen molar-refractivity contribution >= 4 is 54.4 Å². The van der Waals surface area contributed by atoms with Crippen molar-refractivity contribution in [1.82, 2.24) is 4.98 Å². The molecule has 1 rings (SSSR count). The standard InChI is InChI=1S/C9H12Br2N2O2S/c1-9(2,3)15-8(14)13-7-12-5(4-10)6(11)16-7/h4H2,1-3H3,(H,12,13,14). The number of nitrogens with one attached hydrogen (secondary N) is 1. The van der Waals surface area contributed by atoms with Gasteiger partial charge in [0.2, 0.25) is 0 Å². The summed E-state index contributed by atoms with van der Waals surface area (Å²) in [5, 5.41) is 3.75. The molecule has 0 atom stereocenters. The number of hydrogen-bond donors (Lipinski definition) is 1. The smallest absolute Gasteiger partial charge is 0.413 e. The number of nitrogens with zero attached hydrogens (tertiary/aromatic N) is 1. The van der Waals surface area contributed by atoms with Gasteiger partial charge in [-0.3, -0.25) is 5.32 Å². The Balaban J connectivity index is 2.63. The van der Waals surface area contributed by atoms with Crippen molar-refractivity contribution in [2.75, 3.05) is 5.32 Å². The third-order valence-electron chi connectivity index (χ3n) is 1.38. The van der Waals surface area contributed by atoms with Crippen molar-refractivity contribution in [2.24, 2.45) is 0 Å². The molecule has 90 valence electrons. The van der Waals surface area contributed by atoms with E-state index in [4.69, 9.17) is 4.74 Å². The SMILES string of the molecule is CC(C)(C)OC(=O)Nc1nc(CBr)c(Br)s1. The number of carbonyl (C=O) groups is 1. The second-order valence-corrected chi connectivity index (χ2v) is 6.88. The van der Waals surface area contributed by atoms with E-state index >= 15 is 0 Å². The van der Waals surface area contributed by atoms with Crippen LogP contribution in [0.5, 0.6) is 0 Å². The summed E-state index contributed by atoms with van der Waals surface area (Å²) in [7, 11) is 0. The molecule has 0 spiro atoms. The van der Waals surface area contributed by atoms with Crippen LogP contribution >= 0.6 is 43.2 Å². The molecule has 7 heteroatoms. The van der Waals surface area contributed by atoms with E-state index in [0.717, 1.165) is 9.48 Å². The lowest BCUT2D eigenvalue weighted by Crippen LogP contribution is -2.27. The predicted molar refractivity (Wildman–Crippen MR) is 72.3 cm³/mol. The highest BCUT2D eigenvalue weighted by atomic mass is 79.9. The van der Waals surface area contributed by atoms with Crippen molar-refractivity contribution in [1.29, 1.82) is 0 Å². The Hall–Kier alpha value is -0.140. The van der Waals surface area contributed by atoms with Gasteiger partial charge in [-0.1, -0.05) is 27.3 Å². The van der Waals surface area contributed by atoms with Gasteiger partial charge < -0.3 is 4.74 Å². The van der Waals surface area contributed by atoms with E-state index in [0.29, 0.717) is 10.5 Å². The Morgan fingerprint density at radius 3 is 2.62 bits per heavy atom. The number of hydrogen-bond acceptors (Lipinski definition) is 4. The zero-order valence-electron chi connectivity index (χ0n) is 9.13. The summed E-state index contributed by atoms with van der Waals surface area (Å²) in [6.45, 7) is 5.44. The van der Waals surface area contributed by atoms with Crippen molar-refractivity contribution in [3.8, 4) is 0 Å². The number of halogens is 2. The van der Waals surface area contributed by atoms with E-state index in [1.807, 2.05) is 20.8 Å². The Morgan fingerprint density at radius 1 is 1.56 bits per heavy atom. The lowest BCUT2D eigenvalue weighted by molar-refractivity contribution is 0.0636. The predicted octanol–water partition coefficient (Wildman–Crippen LogP) is 4.15. The maximum Gasteiger partial charge on any atom is 0.413 e. The van der Waals surface area contributed by atoms with Crippen molar-refractivity contribution in [3.63, 3.8) is 0 Å². The average Bonchev–Trinajstić information content (AvgIpc) is 2.42. The molecule has 0 aliphatic rings. The maximum atomic E-state index is 11.4. The van der Waals surface area contributed by atoms with Crippen LogP contribution in [-0.4, -0.2) is 16.7 Å². The van der Waals surface area contributed by atoms with Gasteiger partial charge in [-0.15, -0.1) is 0 Å². The number of alkyl halides is 1. The fourth-order valence-corrected chi connectivity index (χ4v) is 3.21. The summed E-state index contributed by atoms with van der Waals surface area (Å²) >= 11 is 8.03. The number of carbonyl (C=O) groups excluding carboxylic acids is 1. The second-order valence-electron chi connectivity index (χ2n) is 4.00. The highest BCUT2D eigenvalue weighted by molar-refractivity contribution is 9.11. The van der Waals surface area contributed by atoms with Crippen LogP contribution in [0.3, 0.4) is 0 Å². The summed E-state index contributed by atoms with van der Waals surface area (Å²) in [5.74, 6) is 0. The van der Waals surface area contributed by atoms with Gasteiger partial charge in [0.15, 0.2) is 5.13 Å². The molecule has 0 aromatic carbocycles. The molecule has 1 heterocycles. The first-order valence-electron chi connectivity index (χ1n) is 4.53. The molecule has 0 aliphatic carbocycles. The van der Waals surface area contributed by atoms with Gasteiger partial charge in [0.05, 0.1) is 9.48 Å². The van der Waals surface area contributed by atoms with E-state index in [2.05, 4.69) is 42.2 Å². The number of thiazole rings is 1. The lowest BCUT2D eigenvalue weighted by atomic mass is 10.2. The molecule has 0 saturated heterocycles. The lowest BCUT2D eigenvalue weighted by Gasteiger charge is -2.18. The van der Waals surface area contributed by atoms with Crippen LogP contribution < -0.4 is 5.32 Å². The van der Waals surface area contributed by atoms with Crippen LogP contribution in [0.2, 0.25) is 0 Å². The van der Waals surface area contributed by atoms with Gasteiger partial charge in [0.25, 0.3) is 0 Å². The molecule has 0 aliphatic heterocycles. The molecule has 4 nitrogen and oxygen atoms in total. The zero-order chi connectivity index (χ0) is 12.3. The van der Waals surface area contributed by atoms with Crippen molar-refractivity contribution < 1.29 is 9.53 Å². The molecule has 0 unspecified atom stereocenters. The molecule has 1 N–H and O–H groups in total. The Labute approximate surface area is 115 Å². The molecular weight excluding hydrogens is 360 g/mol. The number of rotatable bonds is 2. The normalized spacial score (nSPS) is 11.3. The molecule has 0 saturated carbocycles. The van der Waals surface area contributed by atoms with E-state index < -0.39 is 11.7 Å². The quantitative estimate of drug-likeness (QED) is 0.794. The molecule has 1 amide bonds. The van der Waals surface area contributed by atoms with E-state index in [9.17, 15) is 4.79 Å². The van der Waals surface area contributed by atoms with Crippen LogP contribution in [0.1, 0.15) is 26.5 Å². The Bertz CT molecular complexity index is 387. The van der Waals surface area contributed by atoms with E-state index in [-0.39, 0.29) is 0 Å². The summed E-state index contributed by atoms with van der Waals surface area (Å²) in [5.41, 5.74) is 0.354. The molecule has 1 aromatic rings. The fraction of sp³-hybridized carbons (Fsp3) is 0.556. The maximum absolute atomic E-state index is 11.4. The molecule has 0 radical (unpaired) electrons. The first-order chi connectivity index (χ1) is 7.31. The third kappa shape index (κ3) is 4.39. The summed E-state index contributed by atoms with van der Waals surface area (Å²) in [4.78, 5) is 15.7. The first-order valence-corrected chi connectivity index (χ1v) is 7.26. The van der Waals surface area contributed by atoms with Crippen molar-refractivity contribution in [3.05, 3.63) is 9.48 Å². The Morgan fingerprint density at radius 2 is 2.19 bits per heavy atom. The molecule has 1 aromatic heterocycles. The average molecular weight is 372 g/mol. The topological polar surface area (TPSA) is 51.2 Å². The largest absolute Gasteiger partial charge is 0.444 e. The van der Waals surface area contributed by atoms with E-state index in [1.54, 1.807) is 0 Å². The van der Waals surface area contributed by atoms with Gasteiger partial charge in [0.1, 0.15) is 5.60 Å². The fourth-order valence-electron chi connectivity index (χ4n) is 0.860. The van der Waals surface area contributed by atoms with E-state index in [1.165, 1.54) is 11.3 Å². The van der Waals surface area contributed by atoms with Gasteiger partial charge in [-0.25, -0.2) is 9.78 Å². The molecular formula is C9H12Br2N2O2S. The van der Waals surface area contributed by atoms with Gasteiger partial charge in [-0.2, -0.15) is 0 Å². The Kier molecular flexibility index (Phi) is 4.75. The van der Waals surface area contributed by atoms with Crippen LogP contribution in [0.25, 0.3) is 0 Å². The third-order valence-corrected chi connectivity index (χ3v) is 3.66. The van der Waals surface area contributed by atoms with Gasteiger partial charge in [-0.05, 0) is 36.7 Å². The van der Waals surface area contributed by atoms with Crippen molar-refractivity contribution in [2.45, 2.75) is 31.7 Å². The summed E-state index contributed by atoms with van der Waals surface area (Å²) in [6.07, 6.45) is -0.491. The summed E-state index contributed by atoms with van der Waals surface area (Å²) < 4.78 is 6.01. The number of anilines is 1.